The number of alkyl halides is 1. The Hall–Kier alpha value is -0.500. The van der Waals surface area contributed by atoms with Crippen molar-refractivity contribution in [2.75, 3.05) is 7.11 Å². The maximum Gasteiger partial charge on any atom is 0.310 e. The van der Waals surface area contributed by atoms with Crippen molar-refractivity contribution in [3.05, 3.63) is 12.2 Å². The Morgan fingerprint density at radius 2 is 2.17 bits per heavy atom. The summed E-state index contributed by atoms with van der Waals surface area (Å²) in [5, 5.41) is -0.0487. The van der Waals surface area contributed by atoms with Crippen molar-refractivity contribution in [3.63, 3.8) is 0 Å². The van der Waals surface area contributed by atoms with Gasteiger partial charge in [-0.1, -0.05) is 12.2 Å². The van der Waals surface area contributed by atoms with Crippen molar-refractivity contribution in [2.24, 2.45) is 17.8 Å². The second-order valence-corrected chi connectivity index (χ2v) is 3.95. The molecule has 0 amide bonds. The Labute approximate surface area is 76.5 Å². The van der Waals surface area contributed by atoms with E-state index in [1.807, 2.05) is 0 Å². The van der Waals surface area contributed by atoms with E-state index in [0.717, 1.165) is 6.42 Å². The summed E-state index contributed by atoms with van der Waals surface area (Å²) in [6.07, 6.45) is 5.22. The van der Waals surface area contributed by atoms with Crippen molar-refractivity contribution in [3.8, 4) is 0 Å². The minimum absolute atomic E-state index is 0.0487. The van der Waals surface area contributed by atoms with Gasteiger partial charge in [-0.15, -0.1) is 11.6 Å². The zero-order chi connectivity index (χ0) is 8.72. The molecule has 66 valence electrons. The molecule has 0 aliphatic heterocycles. The van der Waals surface area contributed by atoms with Crippen LogP contribution in [0.2, 0.25) is 0 Å². The number of hydrogen-bond acceptors (Lipinski definition) is 2. The smallest absolute Gasteiger partial charge is 0.310 e. The van der Waals surface area contributed by atoms with Gasteiger partial charge in [0.15, 0.2) is 0 Å². The van der Waals surface area contributed by atoms with Crippen molar-refractivity contribution in [2.45, 2.75) is 11.8 Å². The lowest BCUT2D eigenvalue weighted by molar-refractivity contribution is -0.146. The first-order valence-corrected chi connectivity index (χ1v) is 4.58. The molecule has 0 spiro atoms. The number of hydrogen-bond donors (Lipinski definition) is 0. The van der Waals surface area contributed by atoms with E-state index in [1.54, 1.807) is 0 Å². The number of ether oxygens (including phenoxy) is 1. The van der Waals surface area contributed by atoms with Crippen LogP contribution >= 0.6 is 11.6 Å². The van der Waals surface area contributed by atoms with Gasteiger partial charge in [-0.25, -0.2) is 0 Å². The van der Waals surface area contributed by atoms with Crippen LogP contribution in [0.1, 0.15) is 6.42 Å². The predicted octanol–water partition coefficient (Wildman–Crippen LogP) is 1.59. The van der Waals surface area contributed by atoms with Gasteiger partial charge < -0.3 is 4.74 Å². The van der Waals surface area contributed by atoms with Gasteiger partial charge in [-0.05, 0) is 18.3 Å². The summed E-state index contributed by atoms with van der Waals surface area (Å²) in [6.45, 7) is 0. The van der Waals surface area contributed by atoms with Crippen molar-refractivity contribution in [1.29, 1.82) is 0 Å². The Bertz CT molecular complexity index is 237. The fraction of sp³-hybridized carbons (Fsp3) is 0.667. The van der Waals surface area contributed by atoms with Gasteiger partial charge in [-0.2, -0.15) is 0 Å². The van der Waals surface area contributed by atoms with E-state index in [1.165, 1.54) is 7.11 Å². The molecule has 0 saturated heterocycles. The molecular weight excluding hydrogens is 176 g/mol. The van der Waals surface area contributed by atoms with Crippen LogP contribution in [0.5, 0.6) is 0 Å². The van der Waals surface area contributed by atoms with E-state index in [-0.39, 0.29) is 17.3 Å². The molecule has 2 nitrogen and oxygen atoms in total. The summed E-state index contributed by atoms with van der Waals surface area (Å²) in [4.78, 5) is 11.3. The third-order valence-electron chi connectivity index (χ3n) is 2.84. The number of carbonyl (C=O) groups excluding carboxylic acids is 1. The molecule has 4 atom stereocenters. The SMILES string of the molecule is COC(=O)[C@@H]1[C@@H](Cl)[C@H]2C=C[C@H]1C2. The molecule has 0 aromatic rings. The molecular formula is C9H11ClO2. The lowest BCUT2D eigenvalue weighted by atomic mass is 9.93. The van der Waals surface area contributed by atoms with Gasteiger partial charge in [0.05, 0.1) is 18.4 Å². The monoisotopic (exact) mass is 186 g/mol. The average molecular weight is 187 g/mol. The summed E-state index contributed by atoms with van der Waals surface area (Å²) in [5.41, 5.74) is 0. The summed E-state index contributed by atoms with van der Waals surface area (Å²) >= 11 is 6.10. The van der Waals surface area contributed by atoms with Crippen LogP contribution in [0.3, 0.4) is 0 Å². The fourth-order valence-corrected chi connectivity index (χ4v) is 2.68. The number of carbonyl (C=O) groups is 1. The molecule has 0 N–H and O–H groups in total. The highest BCUT2D eigenvalue weighted by atomic mass is 35.5. The second-order valence-electron chi connectivity index (χ2n) is 3.44. The molecule has 1 fully saturated rings. The van der Waals surface area contributed by atoms with Gasteiger partial charge in [0.2, 0.25) is 0 Å². The summed E-state index contributed by atoms with van der Waals surface area (Å²) in [7, 11) is 1.42. The van der Waals surface area contributed by atoms with Crippen LogP contribution in [-0.2, 0) is 9.53 Å². The molecule has 0 aromatic heterocycles. The summed E-state index contributed by atoms with van der Waals surface area (Å²) in [5.74, 6) is 0.448. The topological polar surface area (TPSA) is 26.3 Å². The highest BCUT2D eigenvalue weighted by Crippen LogP contribution is 2.46. The van der Waals surface area contributed by atoms with Crippen LogP contribution in [0, 0.1) is 17.8 Å². The molecule has 0 unspecified atom stereocenters. The first-order chi connectivity index (χ1) is 5.74. The molecule has 3 heteroatoms. The molecule has 0 heterocycles. The lowest BCUT2D eigenvalue weighted by Crippen LogP contribution is -2.28. The molecule has 2 bridgehead atoms. The summed E-state index contributed by atoms with van der Waals surface area (Å²) < 4.78 is 4.70. The molecule has 12 heavy (non-hydrogen) atoms. The maximum atomic E-state index is 11.3. The lowest BCUT2D eigenvalue weighted by Gasteiger charge is -2.19. The van der Waals surface area contributed by atoms with Crippen molar-refractivity contribution in [1.82, 2.24) is 0 Å². The van der Waals surface area contributed by atoms with E-state index >= 15 is 0 Å². The number of methoxy groups -OCH3 is 1. The van der Waals surface area contributed by atoms with E-state index in [2.05, 4.69) is 12.2 Å². The van der Waals surface area contributed by atoms with E-state index in [0.29, 0.717) is 11.8 Å². The number of fused-ring (bicyclic) bond motifs is 2. The average Bonchev–Trinajstić information content (AvgIpc) is 2.63. The normalized spacial score (nSPS) is 43.5. The van der Waals surface area contributed by atoms with Gasteiger partial charge in [0, 0.05) is 0 Å². The number of rotatable bonds is 1. The number of halogens is 1. The Morgan fingerprint density at radius 1 is 1.50 bits per heavy atom. The van der Waals surface area contributed by atoms with E-state index in [9.17, 15) is 4.79 Å². The Kier molecular flexibility index (Phi) is 1.87. The highest BCUT2D eigenvalue weighted by Gasteiger charge is 2.47. The van der Waals surface area contributed by atoms with Gasteiger partial charge in [-0.3, -0.25) is 4.79 Å². The maximum absolute atomic E-state index is 11.3. The minimum atomic E-state index is -0.160. The highest BCUT2D eigenvalue weighted by molar-refractivity contribution is 6.22. The van der Waals surface area contributed by atoms with Crippen LogP contribution in [0.15, 0.2) is 12.2 Å². The van der Waals surface area contributed by atoms with E-state index in [4.69, 9.17) is 16.3 Å². The Morgan fingerprint density at radius 3 is 2.67 bits per heavy atom. The second kappa shape index (κ2) is 2.77. The van der Waals surface area contributed by atoms with Gasteiger partial charge >= 0.3 is 5.97 Å². The van der Waals surface area contributed by atoms with E-state index < -0.39 is 0 Å². The standard InChI is InChI=1S/C9H11ClO2/c1-12-9(11)7-5-2-3-6(4-5)8(7)10/h2-3,5-8H,4H2,1H3/t5-,6-,7-,8-/m0/s1. The first-order valence-electron chi connectivity index (χ1n) is 4.14. The molecule has 0 radical (unpaired) electrons. The van der Waals surface area contributed by atoms with Crippen LogP contribution in [-0.4, -0.2) is 18.5 Å². The summed E-state index contributed by atoms with van der Waals surface area (Å²) in [6, 6.07) is 0. The van der Waals surface area contributed by atoms with Crippen LogP contribution < -0.4 is 0 Å². The van der Waals surface area contributed by atoms with Gasteiger partial charge in [0.1, 0.15) is 0 Å². The molecule has 2 aliphatic carbocycles. The molecule has 2 aliphatic rings. The largest absolute Gasteiger partial charge is 0.469 e. The first kappa shape index (κ1) is 8.11. The zero-order valence-electron chi connectivity index (χ0n) is 6.87. The zero-order valence-corrected chi connectivity index (χ0v) is 7.62. The quantitative estimate of drug-likeness (QED) is 0.353. The van der Waals surface area contributed by atoms with Crippen molar-refractivity contribution >= 4 is 17.6 Å². The Balaban J connectivity index is 2.18. The third kappa shape index (κ3) is 0.977. The fourth-order valence-electron chi connectivity index (χ4n) is 2.20. The molecule has 1 saturated carbocycles. The number of allylic oxidation sites excluding steroid dienone is 2. The predicted molar refractivity (Wildman–Crippen MR) is 45.9 cm³/mol. The van der Waals surface area contributed by atoms with Crippen LogP contribution in [0.25, 0.3) is 0 Å². The minimum Gasteiger partial charge on any atom is -0.469 e. The van der Waals surface area contributed by atoms with Gasteiger partial charge in [0.25, 0.3) is 0 Å². The van der Waals surface area contributed by atoms with Crippen molar-refractivity contribution < 1.29 is 9.53 Å². The molecule has 0 aromatic carbocycles. The molecule has 2 rings (SSSR count). The van der Waals surface area contributed by atoms with Crippen LogP contribution in [0.4, 0.5) is 0 Å². The number of esters is 1. The third-order valence-corrected chi connectivity index (χ3v) is 3.43.